The molecule has 9 heteroatoms. The Hall–Kier alpha value is -3.10. The van der Waals surface area contributed by atoms with Gasteiger partial charge in [0.1, 0.15) is 7.11 Å². The molecule has 2 heterocycles. The monoisotopic (exact) mass is 348 g/mol. The number of amides is 1. The van der Waals surface area contributed by atoms with Gasteiger partial charge in [-0.2, -0.15) is 5.10 Å². The molecule has 1 N–H and O–H groups in total. The number of oxime groups is 1. The van der Waals surface area contributed by atoms with E-state index in [0.717, 1.165) is 0 Å². The second-order valence-electron chi connectivity index (χ2n) is 6.13. The number of nitrogens with one attached hydrogen (secondary N) is 1. The molecule has 0 fully saturated rings. The van der Waals surface area contributed by atoms with E-state index < -0.39 is 11.3 Å². The molecular formula is C16H20N4O5. The molecule has 0 aliphatic heterocycles. The number of hydrogen-bond donors (Lipinski definition) is 1. The molecule has 2 aromatic heterocycles. The second kappa shape index (κ2) is 7.65. The minimum atomic E-state index is -0.598. The molecule has 2 rings (SSSR count). The molecule has 0 aliphatic carbocycles. The lowest BCUT2D eigenvalue weighted by molar-refractivity contribution is -0.157. The van der Waals surface area contributed by atoms with Crippen LogP contribution in [0.1, 0.15) is 26.5 Å². The quantitative estimate of drug-likeness (QED) is 0.486. The molecule has 1 amide bonds. The first-order valence-corrected chi connectivity index (χ1v) is 7.47. The van der Waals surface area contributed by atoms with Gasteiger partial charge in [0.05, 0.1) is 29.8 Å². The van der Waals surface area contributed by atoms with Gasteiger partial charge in [0.2, 0.25) is 5.71 Å². The average molecular weight is 348 g/mol. The van der Waals surface area contributed by atoms with E-state index in [1.165, 1.54) is 30.4 Å². The van der Waals surface area contributed by atoms with Crippen molar-refractivity contribution < 1.29 is 23.6 Å². The number of furan rings is 1. The zero-order chi connectivity index (χ0) is 18.4. The summed E-state index contributed by atoms with van der Waals surface area (Å²) in [6.45, 7) is 5.23. The molecule has 0 unspecified atom stereocenters. The predicted octanol–water partition coefficient (Wildman–Crippen LogP) is 2.01. The Balaban J connectivity index is 1.99. The van der Waals surface area contributed by atoms with Gasteiger partial charge in [0.25, 0.3) is 5.91 Å². The normalized spacial score (nSPS) is 11.9. The van der Waals surface area contributed by atoms with Gasteiger partial charge in [-0.3, -0.25) is 9.59 Å². The standard InChI is InChI=1S/C16H20N4O5/c1-16(2,3)15(22)25-10-20-9-11(8-17-20)18-14(21)13(19-23-4)12-6-5-7-24-12/h5-9H,10H2,1-4H3,(H,18,21)/b19-13+. The number of esters is 1. The van der Waals surface area contributed by atoms with Crippen LogP contribution in [-0.2, 0) is 25.9 Å². The fourth-order valence-electron chi connectivity index (χ4n) is 1.73. The summed E-state index contributed by atoms with van der Waals surface area (Å²) in [5, 5.41) is 10.3. The van der Waals surface area contributed by atoms with Crippen molar-refractivity contribution in [2.75, 3.05) is 12.4 Å². The maximum absolute atomic E-state index is 12.3. The molecule has 9 nitrogen and oxygen atoms in total. The molecule has 25 heavy (non-hydrogen) atoms. The molecule has 0 atom stereocenters. The van der Waals surface area contributed by atoms with Crippen LogP contribution in [0.2, 0.25) is 0 Å². The van der Waals surface area contributed by atoms with Crippen LogP contribution in [0.15, 0.2) is 40.4 Å². The van der Waals surface area contributed by atoms with Crippen molar-refractivity contribution in [1.29, 1.82) is 0 Å². The summed E-state index contributed by atoms with van der Waals surface area (Å²) in [5.74, 6) is -0.602. The highest BCUT2D eigenvalue weighted by Gasteiger charge is 2.23. The van der Waals surface area contributed by atoms with E-state index in [9.17, 15) is 9.59 Å². The highest BCUT2D eigenvalue weighted by molar-refractivity contribution is 6.48. The molecule has 2 aromatic rings. The minimum Gasteiger partial charge on any atom is -0.462 e. The van der Waals surface area contributed by atoms with Gasteiger partial charge in [0.15, 0.2) is 12.5 Å². The summed E-state index contributed by atoms with van der Waals surface area (Å²) in [4.78, 5) is 28.7. The maximum Gasteiger partial charge on any atom is 0.313 e. The van der Waals surface area contributed by atoms with Crippen LogP contribution in [0.4, 0.5) is 5.69 Å². The molecule has 0 spiro atoms. The van der Waals surface area contributed by atoms with E-state index in [1.54, 1.807) is 32.9 Å². The Morgan fingerprint density at radius 1 is 1.40 bits per heavy atom. The van der Waals surface area contributed by atoms with Gasteiger partial charge < -0.3 is 19.3 Å². The van der Waals surface area contributed by atoms with Gasteiger partial charge in [-0.25, -0.2) is 4.68 Å². The number of aromatic nitrogens is 2. The lowest BCUT2D eigenvalue weighted by atomic mass is 9.98. The Kier molecular flexibility index (Phi) is 5.58. The number of rotatable bonds is 6. The number of carbonyl (C=O) groups is 2. The average Bonchev–Trinajstić information content (AvgIpc) is 3.21. The van der Waals surface area contributed by atoms with Gasteiger partial charge in [-0.05, 0) is 32.9 Å². The first-order valence-electron chi connectivity index (χ1n) is 7.47. The Labute approximate surface area is 144 Å². The van der Waals surface area contributed by atoms with Gasteiger partial charge >= 0.3 is 5.97 Å². The van der Waals surface area contributed by atoms with Crippen LogP contribution in [0, 0.1) is 5.41 Å². The van der Waals surface area contributed by atoms with Crippen LogP contribution >= 0.6 is 0 Å². The van der Waals surface area contributed by atoms with Gasteiger partial charge in [0, 0.05) is 0 Å². The van der Waals surface area contributed by atoms with Crippen molar-refractivity contribution in [3.05, 3.63) is 36.5 Å². The number of nitrogens with zero attached hydrogens (tertiary/aromatic N) is 3. The predicted molar refractivity (Wildman–Crippen MR) is 88.7 cm³/mol. The van der Waals surface area contributed by atoms with Gasteiger partial charge in [-0.1, -0.05) is 5.16 Å². The lowest BCUT2D eigenvalue weighted by Gasteiger charge is -2.16. The van der Waals surface area contributed by atoms with E-state index >= 15 is 0 Å². The summed E-state index contributed by atoms with van der Waals surface area (Å²) in [7, 11) is 1.33. The summed E-state index contributed by atoms with van der Waals surface area (Å²) < 4.78 is 11.7. The van der Waals surface area contributed by atoms with Crippen molar-refractivity contribution in [2.45, 2.75) is 27.5 Å². The highest BCUT2D eigenvalue weighted by Crippen LogP contribution is 2.15. The summed E-state index contributed by atoms with van der Waals surface area (Å²) in [6.07, 6.45) is 4.38. The molecule has 0 saturated heterocycles. The Bertz CT molecular complexity index is 756. The molecule has 0 radical (unpaired) electrons. The second-order valence-corrected chi connectivity index (χ2v) is 6.13. The Morgan fingerprint density at radius 2 is 2.16 bits per heavy atom. The molecule has 134 valence electrons. The third-order valence-electron chi connectivity index (χ3n) is 2.98. The Morgan fingerprint density at radius 3 is 2.76 bits per heavy atom. The van der Waals surface area contributed by atoms with E-state index in [1.807, 2.05) is 0 Å². The van der Waals surface area contributed by atoms with Crippen LogP contribution in [0.5, 0.6) is 0 Å². The summed E-state index contributed by atoms with van der Waals surface area (Å²) in [6, 6.07) is 3.22. The third-order valence-corrected chi connectivity index (χ3v) is 2.98. The van der Waals surface area contributed by atoms with Crippen molar-refractivity contribution in [1.82, 2.24) is 9.78 Å². The van der Waals surface area contributed by atoms with Crippen LogP contribution < -0.4 is 5.32 Å². The fraction of sp³-hybridized carbons (Fsp3) is 0.375. The topological polar surface area (TPSA) is 108 Å². The number of carbonyl (C=O) groups excluding carboxylic acids is 2. The molecule has 0 aromatic carbocycles. The van der Waals surface area contributed by atoms with E-state index in [4.69, 9.17) is 9.15 Å². The van der Waals surface area contributed by atoms with Crippen molar-refractivity contribution in [3.63, 3.8) is 0 Å². The first kappa shape index (κ1) is 18.2. The van der Waals surface area contributed by atoms with Crippen molar-refractivity contribution in [3.8, 4) is 0 Å². The molecular weight excluding hydrogens is 328 g/mol. The number of hydrogen-bond acceptors (Lipinski definition) is 7. The maximum atomic E-state index is 12.3. The fourth-order valence-corrected chi connectivity index (χ4v) is 1.73. The smallest absolute Gasteiger partial charge is 0.313 e. The van der Waals surface area contributed by atoms with Gasteiger partial charge in [-0.15, -0.1) is 0 Å². The van der Waals surface area contributed by atoms with E-state index in [-0.39, 0.29) is 24.2 Å². The zero-order valence-electron chi connectivity index (χ0n) is 14.5. The van der Waals surface area contributed by atoms with E-state index in [0.29, 0.717) is 5.69 Å². The third kappa shape index (κ3) is 4.93. The first-order chi connectivity index (χ1) is 11.8. The van der Waals surface area contributed by atoms with Crippen molar-refractivity contribution >= 4 is 23.3 Å². The zero-order valence-corrected chi connectivity index (χ0v) is 14.5. The summed E-state index contributed by atoms with van der Waals surface area (Å²) in [5.41, 5.74) is -0.203. The highest BCUT2D eigenvalue weighted by atomic mass is 16.6. The van der Waals surface area contributed by atoms with Crippen LogP contribution in [0.3, 0.4) is 0 Å². The van der Waals surface area contributed by atoms with Crippen LogP contribution in [0.25, 0.3) is 0 Å². The number of ether oxygens (including phenoxy) is 1. The van der Waals surface area contributed by atoms with Crippen LogP contribution in [-0.4, -0.2) is 34.5 Å². The summed E-state index contributed by atoms with van der Waals surface area (Å²) >= 11 is 0. The number of anilines is 1. The minimum absolute atomic E-state index is 0.0144. The lowest BCUT2D eigenvalue weighted by Crippen LogP contribution is -2.24. The van der Waals surface area contributed by atoms with E-state index in [2.05, 4.69) is 20.4 Å². The molecule has 0 aliphatic rings. The SMILES string of the molecule is CO/N=C(/C(=O)Nc1cnn(COC(=O)C(C)(C)C)c1)c1ccco1. The molecule has 0 bridgehead atoms. The molecule has 0 saturated carbocycles. The van der Waals surface area contributed by atoms with Crippen molar-refractivity contribution in [2.24, 2.45) is 10.6 Å². The largest absolute Gasteiger partial charge is 0.462 e.